The van der Waals surface area contributed by atoms with E-state index in [0.717, 1.165) is 53.5 Å². The quantitative estimate of drug-likeness (QED) is 0.0300. The highest BCUT2D eigenvalue weighted by Crippen LogP contribution is 2.40. The number of carbonyl (C=O) groups excluding carboxylic acids is 2. The molecule has 0 aliphatic carbocycles. The first-order valence-corrected chi connectivity index (χ1v) is 30.3. The summed E-state index contributed by atoms with van der Waals surface area (Å²) in [5, 5.41) is 0. The second kappa shape index (κ2) is 32.8. The number of hydrogen-bond acceptors (Lipinski definition) is 14. The molecule has 0 radical (unpaired) electrons. The molecular formula is C72H82O14. The van der Waals surface area contributed by atoms with E-state index in [1.807, 2.05) is 152 Å². The SMILES string of the molecule is CCCCOc1ccc(C(=O)OCC2O[C@H](O[C@H]3OC(COC(=O)c4ccc(OCCCC)cc4OCc4ccccc4)[C@@H](OCc4ccccc4)[C@H](OCc4ccccc4)C3OCc3ccccc3)C(C)[C@@H](C)[C@@H]2C)c(OCc2ccccc2)c1. The maximum atomic E-state index is 14.6. The summed E-state index contributed by atoms with van der Waals surface area (Å²) in [5.74, 6) is 0.370. The van der Waals surface area contributed by atoms with Gasteiger partial charge in [-0.2, -0.15) is 0 Å². The zero-order valence-electron chi connectivity index (χ0n) is 50.1. The molecule has 4 unspecified atom stereocenters. The summed E-state index contributed by atoms with van der Waals surface area (Å²) in [6.07, 6.45) is -2.64. The first-order valence-electron chi connectivity index (χ1n) is 30.3. The Morgan fingerprint density at radius 1 is 0.395 bits per heavy atom. The second-order valence-electron chi connectivity index (χ2n) is 22.0. The van der Waals surface area contributed by atoms with Crippen LogP contribution >= 0.6 is 0 Å². The standard InChI is InChI=1S/C72H82O14/c1-6-8-39-75-58-35-37-60(62(41-58)77-43-53-25-15-10-16-26-53)69(73)82-48-64-51(4)50(3)52(5)71(84-64)86-72-68(81-47-57-33-23-14-24-34-57)67(80-46-56-31-21-13-22-32-56)66(79-45-55-29-19-12-20-30-55)65(85-72)49-83-70(74)61-38-36-59(76-40-9-7-2)42-63(61)78-44-54-27-17-11-18-28-54/h10-38,41-42,50-52,64-68,71-72H,6-9,39-40,43-49H2,1-5H3/t50-,51-,52?,64?,65?,66+,67-,68?,71+,72+/m0/s1. The molecule has 0 N–H and O–H groups in total. The minimum Gasteiger partial charge on any atom is -0.493 e. The van der Waals surface area contributed by atoms with Gasteiger partial charge in [0.2, 0.25) is 0 Å². The van der Waals surface area contributed by atoms with Crippen LogP contribution < -0.4 is 18.9 Å². The van der Waals surface area contributed by atoms with Gasteiger partial charge in [-0.15, -0.1) is 0 Å². The van der Waals surface area contributed by atoms with Crippen LogP contribution in [-0.2, 0) is 70.9 Å². The highest BCUT2D eigenvalue weighted by Gasteiger charge is 2.52. The summed E-state index contributed by atoms with van der Waals surface area (Å²) >= 11 is 0. The topological polar surface area (TPSA) is 145 Å². The average molecular weight is 1170 g/mol. The fraction of sp³-hybridized carbons (Fsp3) is 0.389. The number of unbranched alkanes of at least 4 members (excludes halogenated alkanes) is 2. The van der Waals surface area contributed by atoms with Crippen LogP contribution in [-0.4, -0.2) is 81.5 Å². The van der Waals surface area contributed by atoms with E-state index in [-0.39, 0.29) is 75.1 Å². The maximum absolute atomic E-state index is 14.6. The molecule has 0 spiro atoms. The fourth-order valence-electron chi connectivity index (χ4n) is 10.3. The molecule has 2 heterocycles. The van der Waals surface area contributed by atoms with Crippen LogP contribution in [0.3, 0.4) is 0 Å². The molecule has 7 aromatic rings. The van der Waals surface area contributed by atoms with Gasteiger partial charge in [-0.3, -0.25) is 0 Å². The van der Waals surface area contributed by atoms with Gasteiger partial charge in [0.25, 0.3) is 0 Å². The van der Waals surface area contributed by atoms with Crippen LogP contribution in [0.4, 0.5) is 0 Å². The predicted octanol–water partition coefficient (Wildman–Crippen LogP) is 14.3. The van der Waals surface area contributed by atoms with Crippen molar-refractivity contribution in [2.24, 2.45) is 17.8 Å². The third-order valence-corrected chi connectivity index (χ3v) is 15.8. The summed E-state index contributed by atoms with van der Waals surface area (Å²) < 4.78 is 79.3. The summed E-state index contributed by atoms with van der Waals surface area (Å²) in [6, 6.07) is 59.4. The van der Waals surface area contributed by atoms with E-state index in [2.05, 4.69) is 34.6 Å². The van der Waals surface area contributed by atoms with Crippen molar-refractivity contribution in [3.8, 4) is 23.0 Å². The summed E-state index contributed by atoms with van der Waals surface area (Å²) in [5.41, 5.74) is 5.09. The van der Waals surface area contributed by atoms with Crippen LogP contribution in [0.1, 0.15) is 109 Å². The molecule has 7 aromatic carbocycles. The Labute approximate surface area is 506 Å². The van der Waals surface area contributed by atoms with Gasteiger partial charge in [0.1, 0.15) is 85.0 Å². The van der Waals surface area contributed by atoms with Crippen molar-refractivity contribution < 1.29 is 66.4 Å². The Morgan fingerprint density at radius 3 is 1.21 bits per heavy atom. The van der Waals surface area contributed by atoms with E-state index < -0.39 is 55.0 Å². The van der Waals surface area contributed by atoms with Crippen molar-refractivity contribution in [2.45, 2.75) is 136 Å². The largest absolute Gasteiger partial charge is 0.493 e. The number of carbonyl (C=O) groups is 2. The van der Waals surface area contributed by atoms with E-state index in [9.17, 15) is 9.59 Å². The first kappa shape index (κ1) is 63.0. The molecule has 2 saturated heterocycles. The Morgan fingerprint density at radius 2 is 0.779 bits per heavy atom. The molecule has 86 heavy (non-hydrogen) atoms. The molecule has 2 aliphatic rings. The molecule has 2 aliphatic heterocycles. The van der Waals surface area contributed by atoms with Gasteiger partial charge in [0, 0.05) is 18.1 Å². The Bertz CT molecular complexity index is 3110. The Balaban J connectivity index is 1.01. The minimum atomic E-state index is -1.18. The van der Waals surface area contributed by atoms with E-state index in [4.69, 9.17) is 56.8 Å². The molecule has 10 atom stereocenters. The van der Waals surface area contributed by atoms with Crippen LogP contribution in [0.2, 0.25) is 0 Å². The lowest BCUT2D eigenvalue weighted by atomic mass is 9.79. The lowest BCUT2D eigenvalue weighted by Gasteiger charge is -2.49. The molecule has 454 valence electrons. The third-order valence-electron chi connectivity index (χ3n) is 15.8. The molecule has 0 saturated carbocycles. The van der Waals surface area contributed by atoms with Gasteiger partial charge in [-0.1, -0.05) is 199 Å². The molecule has 14 nitrogen and oxygen atoms in total. The second-order valence-corrected chi connectivity index (χ2v) is 22.0. The lowest BCUT2D eigenvalue weighted by Crippen LogP contribution is -2.63. The molecule has 0 bridgehead atoms. The zero-order chi connectivity index (χ0) is 59.9. The Kier molecular flexibility index (Phi) is 24.0. The van der Waals surface area contributed by atoms with Gasteiger partial charge in [0.05, 0.1) is 39.1 Å². The van der Waals surface area contributed by atoms with Gasteiger partial charge in [-0.25, -0.2) is 9.59 Å². The van der Waals surface area contributed by atoms with Crippen LogP contribution in [0.5, 0.6) is 23.0 Å². The number of esters is 2. The summed E-state index contributed by atoms with van der Waals surface area (Å²) in [6.45, 7) is 12.2. The zero-order valence-corrected chi connectivity index (χ0v) is 50.1. The van der Waals surface area contributed by atoms with Crippen molar-refractivity contribution in [2.75, 3.05) is 26.4 Å². The lowest BCUT2D eigenvalue weighted by molar-refractivity contribution is -0.374. The van der Waals surface area contributed by atoms with E-state index in [1.165, 1.54) is 0 Å². The van der Waals surface area contributed by atoms with Crippen LogP contribution in [0.25, 0.3) is 0 Å². The number of hydrogen-bond donors (Lipinski definition) is 0. The smallest absolute Gasteiger partial charge is 0.342 e. The van der Waals surface area contributed by atoms with Crippen molar-refractivity contribution >= 4 is 11.9 Å². The number of ether oxygens (including phenoxy) is 12. The number of benzene rings is 7. The average Bonchev–Trinajstić information content (AvgIpc) is 1.75. The Hall–Kier alpha value is -7.56. The van der Waals surface area contributed by atoms with Gasteiger partial charge in [0.15, 0.2) is 12.6 Å². The highest BCUT2D eigenvalue weighted by atomic mass is 16.8. The summed E-state index contributed by atoms with van der Waals surface area (Å²) in [7, 11) is 0. The highest BCUT2D eigenvalue weighted by molar-refractivity contribution is 5.93. The van der Waals surface area contributed by atoms with Crippen molar-refractivity contribution in [1.82, 2.24) is 0 Å². The molecule has 2 fully saturated rings. The maximum Gasteiger partial charge on any atom is 0.342 e. The van der Waals surface area contributed by atoms with Crippen molar-refractivity contribution in [3.05, 3.63) is 227 Å². The fourth-order valence-corrected chi connectivity index (χ4v) is 10.3. The number of rotatable bonds is 31. The van der Waals surface area contributed by atoms with E-state index in [1.54, 1.807) is 36.4 Å². The van der Waals surface area contributed by atoms with Crippen molar-refractivity contribution in [3.63, 3.8) is 0 Å². The molecule has 0 amide bonds. The predicted molar refractivity (Wildman–Crippen MR) is 327 cm³/mol. The van der Waals surface area contributed by atoms with Crippen LogP contribution in [0.15, 0.2) is 188 Å². The monoisotopic (exact) mass is 1170 g/mol. The molecule has 0 aromatic heterocycles. The minimum absolute atomic E-state index is 0.0135. The summed E-state index contributed by atoms with van der Waals surface area (Å²) in [4.78, 5) is 28.8. The molecular weight excluding hydrogens is 1090 g/mol. The molecule has 14 heteroatoms. The van der Waals surface area contributed by atoms with E-state index >= 15 is 0 Å². The first-order chi connectivity index (χ1) is 42.1. The van der Waals surface area contributed by atoms with E-state index in [0.29, 0.717) is 36.2 Å². The van der Waals surface area contributed by atoms with Crippen LogP contribution in [0, 0.1) is 17.8 Å². The van der Waals surface area contributed by atoms with Crippen molar-refractivity contribution in [1.29, 1.82) is 0 Å². The molecule has 9 rings (SSSR count). The third kappa shape index (κ3) is 18.0. The van der Waals surface area contributed by atoms with Gasteiger partial charge < -0.3 is 56.8 Å². The normalized spacial score (nSPS) is 21.9. The van der Waals surface area contributed by atoms with Gasteiger partial charge >= 0.3 is 11.9 Å². The van der Waals surface area contributed by atoms with Gasteiger partial charge in [-0.05, 0) is 76.8 Å².